The molecule has 86 valence electrons. The number of nitrogens with zero attached hydrogens (tertiary/aromatic N) is 2. The Hall–Kier alpha value is -0.870. The Morgan fingerprint density at radius 2 is 1.93 bits per heavy atom. The number of nitrogens with one attached hydrogen (secondary N) is 1. The highest BCUT2D eigenvalue weighted by Gasteiger charge is 2.16. The maximum Gasteiger partial charge on any atom is 0.243 e. The highest BCUT2D eigenvalue weighted by atomic mass is 16.1. The molecule has 0 saturated carbocycles. The average Bonchev–Trinajstić information content (AvgIpc) is 2.26. The van der Waals surface area contributed by atoms with Crippen molar-refractivity contribution in [2.45, 2.75) is 13.0 Å². The summed E-state index contributed by atoms with van der Waals surface area (Å²) >= 11 is 0. The van der Waals surface area contributed by atoms with Crippen LogP contribution < -0.4 is 5.32 Å². The van der Waals surface area contributed by atoms with E-state index in [1.807, 2.05) is 6.08 Å². The van der Waals surface area contributed by atoms with E-state index in [2.05, 4.69) is 29.1 Å². The van der Waals surface area contributed by atoms with Gasteiger partial charge in [0.25, 0.3) is 0 Å². The van der Waals surface area contributed by atoms with Crippen LogP contribution in [0, 0.1) is 0 Å². The van der Waals surface area contributed by atoms with Gasteiger partial charge in [-0.05, 0) is 14.0 Å². The Bertz CT molecular complexity index is 232. The molecule has 1 aliphatic rings. The fourth-order valence-electron chi connectivity index (χ4n) is 1.66. The largest absolute Gasteiger partial charge is 0.356 e. The van der Waals surface area contributed by atoms with E-state index < -0.39 is 0 Å². The van der Waals surface area contributed by atoms with Gasteiger partial charge in [0, 0.05) is 45.3 Å². The Kier molecular flexibility index (Phi) is 4.78. The van der Waals surface area contributed by atoms with Crippen molar-refractivity contribution >= 4 is 5.91 Å². The van der Waals surface area contributed by atoms with Crippen LogP contribution in [-0.2, 0) is 4.79 Å². The number of piperazine rings is 1. The summed E-state index contributed by atoms with van der Waals surface area (Å²) in [5.74, 6) is -0.0315. The van der Waals surface area contributed by atoms with Gasteiger partial charge in [0.1, 0.15) is 0 Å². The molecule has 1 atom stereocenters. The number of likely N-dealkylation sites (N-methyl/N-ethyl adjacent to an activating group) is 2. The lowest BCUT2D eigenvalue weighted by Gasteiger charge is -2.35. The molecule has 1 unspecified atom stereocenters. The first-order valence-corrected chi connectivity index (χ1v) is 5.46. The zero-order chi connectivity index (χ0) is 11.3. The molecular formula is C11H21N3O. The molecule has 1 saturated heterocycles. The van der Waals surface area contributed by atoms with Gasteiger partial charge in [-0.15, -0.1) is 0 Å². The third-order valence-electron chi connectivity index (χ3n) is 2.89. The number of carbonyl (C=O) groups excluding carboxylic acids is 1. The Morgan fingerprint density at radius 1 is 1.33 bits per heavy atom. The molecule has 1 amide bonds. The zero-order valence-electron chi connectivity index (χ0n) is 9.86. The minimum atomic E-state index is -0.0315. The monoisotopic (exact) mass is 211 g/mol. The van der Waals surface area contributed by atoms with Crippen molar-refractivity contribution in [3.63, 3.8) is 0 Å². The minimum absolute atomic E-state index is 0.0315. The Balaban J connectivity index is 2.37. The first-order chi connectivity index (χ1) is 7.13. The number of carbonyl (C=O) groups is 1. The van der Waals surface area contributed by atoms with Crippen molar-refractivity contribution in [1.29, 1.82) is 0 Å². The van der Waals surface area contributed by atoms with E-state index in [0.717, 1.165) is 26.2 Å². The normalized spacial score (nSPS) is 21.8. The van der Waals surface area contributed by atoms with Crippen molar-refractivity contribution < 1.29 is 4.79 Å². The molecule has 0 bridgehead atoms. The summed E-state index contributed by atoms with van der Waals surface area (Å²) in [6.45, 7) is 6.51. The van der Waals surface area contributed by atoms with Crippen LogP contribution in [0.15, 0.2) is 12.2 Å². The van der Waals surface area contributed by atoms with Gasteiger partial charge in [-0.2, -0.15) is 0 Å². The molecule has 1 aliphatic heterocycles. The smallest absolute Gasteiger partial charge is 0.243 e. The van der Waals surface area contributed by atoms with Crippen LogP contribution in [0.3, 0.4) is 0 Å². The molecule has 0 radical (unpaired) electrons. The molecule has 1 N–H and O–H groups in total. The second-order valence-corrected chi connectivity index (χ2v) is 4.05. The quantitative estimate of drug-likeness (QED) is 0.664. The van der Waals surface area contributed by atoms with Gasteiger partial charge in [0.2, 0.25) is 5.91 Å². The summed E-state index contributed by atoms with van der Waals surface area (Å²) in [6.07, 6.45) is 3.58. The van der Waals surface area contributed by atoms with E-state index in [9.17, 15) is 4.79 Å². The van der Waals surface area contributed by atoms with Crippen LogP contribution in [0.2, 0.25) is 0 Å². The molecule has 1 fully saturated rings. The molecule has 1 rings (SSSR count). The zero-order valence-corrected chi connectivity index (χ0v) is 9.86. The third-order valence-corrected chi connectivity index (χ3v) is 2.89. The summed E-state index contributed by atoms with van der Waals surface area (Å²) < 4.78 is 0. The fourth-order valence-corrected chi connectivity index (χ4v) is 1.66. The van der Waals surface area contributed by atoms with Crippen LogP contribution >= 0.6 is 0 Å². The SMILES string of the molecule is CNC(=O)C=CC(C)N1CCN(C)CC1. The molecule has 0 aromatic rings. The van der Waals surface area contributed by atoms with Gasteiger partial charge < -0.3 is 10.2 Å². The average molecular weight is 211 g/mol. The molecule has 0 aromatic carbocycles. The molecule has 15 heavy (non-hydrogen) atoms. The van der Waals surface area contributed by atoms with Crippen LogP contribution in [0.25, 0.3) is 0 Å². The highest BCUT2D eigenvalue weighted by molar-refractivity contribution is 5.87. The molecule has 4 nitrogen and oxygen atoms in total. The lowest BCUT2D eigenvalue weighted by atomic mass is 10.2. The summed E-state index contributed by atoms with van der Waals surface area (Å²) in [4.78, 5) is 15.7. The van der Waals surface area contributed by atoms with Crippen LogP contribution in [0.4, 0.5) is 0 Å². The van der Waals surface area contributed by atoms with Crippen molar-refractivity contribution in [3.8, 4) is 0 Å². The maximum atomic E-state index is 11.0. The van der Waals surface area contributed by atoms with Crippen LogP contribution in [-0.4, -0.2) is 62.0 Å². The summed E-state index contributed by atoms with van der Waals surface area (Å²) in [6, 6.07) is 0.344. The maximum absolute atomic E-state index is 11.0. The fraction of sp³-hybridized carbons (Fsp3) is 0.727. The predicted molar refractivity (Wildman–Crippen MR) is 61.7 cm³/mol. The highest BCUT2D eigenvalue weighted by Crippen LogP contribution is 2.05. The van der Waals surface area contributed by atoms with E-state index in [4.69, 9.17) is 0 Å². The molecule has 1 heterocycles. The predicted octanol–water partition coefficient (Wildman–Crippen LogP) is -0.0755. The molecule has 0 aliphatic carbocycles. The van der Waals surface area contributed by atoms with E-state index >= 15 is 0 Å². The Morgan fingerprint density at radius 3 is 2.47 bits per heavy atom. The van der Waals surface area contributed by atoms with Crippen molar-refractivity contribution in [1.82, 2.24) is 15.1 Å². The van der Waals surface area contributed by atoms with Crippen molar-refractivity contribution in [2.24, 2.45) is 0 Å². The standard InChI is InChI=1S/C11H21N3O/c1-10(4-5-11(15)12-2)14-8-6-13(3)7-9-14/h4-5,10H,6-9H2,1-3H3,(H,12,15). The lowest BCUT2D eigenvalue weighted by Crippen LogP contribution is -2.47. The van der Waals surface area contributed by atoms with Crippen LogP contribution in [0.5, 0.6) is 0 Å². The number of amides is 1. The van der Waals surface area contributed by atoms with Gasteiger partial charge >= 0.3 is 0 Å². The molecule has 0 aromatic heterocycles. The first-order valence-electron chi connectivity index (χ1n) is 5.46. The number of hydrogen-bond acceptors (Lipinski definition) is 3. The van der Waals surface area contributed by atoms with Gasteiger partial charge in [-0.25, -0.2) is 0 Å². The third kappa shape index (κ3) is 4.01. The molecule has 0 spiro atoms. The lowest BCUT2D eigenvalue weighted by molar-refractivity contribution is -0.116. The molecular weight excluding hydrogens is 190 g/mol. The van der Waals surface area contributed by atoms with E-state index in [-0.39, 0.29) is 5.91 Å². The summed E-state index contributed by atoms with van der Waals surface area (Å²) in [5.41, 5.74) is 0. The van der Waals surface area contributed by atoms with E-state index in [1.165, 1.54) is 0 Å². The summed E-state index contributed by atoms with van der Waals surface area (Å²) in [5, 5.41) is 2.58. The summed E-state index contributed by atoms with van der Waals surface area (Å²) in [7, 11) is 3.79. The first kappa shape index (κ1) is 12.2. The topological polar surface area (TPSA) is 35.6 Å². The van der Waals surface area contributed by atoms with Gasteiger partial charge in [0.15, 0.2) is 0 Å². The van der Waals surface area contributed by atoms with E-state index in [0.29, 0.717) is 6.04 Å². The van der Waals surface area contributed by atoms with Gasteiger partial charge in [0.05, 0.1) is 0 Å². The second-order valence-electron chi connectivity index (χ2n) is 4.05. The van der Waals surface area contributed by atoms with Gasteiger partial charge in [-0.1, -0.05) is 6.08 Å². The van der Waals surface area contributed by atoms with Crippen LogP contribution in [0.1, 0.15) is 6.92 Å². The molecule has 4 heteroatoms. The Labute approximate surface area is 91.9 Å². The number of rotatable bonds is 3. The van der Waals surface area contributed by atoms with Crippen molar-refractivity contribution in [2.75, 3.05) is 40.3 Å². The second kappa shape index (κ2) is 5.88. The number of hydrogen-bond donors (Lipinski definition) is 1. The van der Waals surface area contributed by atoms with Gasteiger partial charge in [-0.3, -0.25) is 9.69 Å². The van der Waals surface area contributed by atoms with Crippen molar-refractivity contribution in [3.05, 3.63) is 12.2 Å². The van der Waals surface area contributed by atoms with E-state index in [1.54, 1.807) is 13.1 Å². The minimum Gasteiger partial charge on any atom is -0.356 e.